The fourth-order valence-electron chi connectivity index (χ4n) is 2.42. The highest BCUT2D eigenvalue weighted by Crippen LogP contribution is 2.23. The van der Waals surface area contributed by atoms with E-state index in [2.05, 4.69) is 5.32 Å². The number of rotatable bonds is 6. The van der Waals surface area contributed by atoms with Crippen LogP contribution >= 0.6 is 23.4 Å². The maximum Gasteiger partial charge on any atom is 0.279 e. The first kappa shape index (κ1) is 16.9. The average Bonchev–Trinajstić information content (AvgIpc) is 2.99. The van der Waals surface area contributed by atoms with Gasteiger partial charge in [0.2, 0.25) is 0 Å². The van der Waals surface area contributed by atoms with Crippen molar-refractivity contribution in [3.63, 3.8) is 0 Å². The first-order valence-electron chi connectivity index (χ1n) is 7.55. The topological polar surface area (TPSA) is 55.4 Å². The largest absolute Gasteiger partial charge is 0.485 e. The lowest BCUT2D eigenvalue weighted by Gasteiger charge is -2.09. The summed E-state index contributed by atoms with van der Waals surface area (Å²) in [4.78, 5) is 23.2. The molecule has 1 amide bonds. The molecule has 1 heterocycles. The van der Waals surface area contributed by atoms with Gasteiger partial charge in [0.1, 0.15) is 5.75 Å². The van der Waals surface area contributed by atoms with E-state index in [0.717, 1.165) is 12.0 Å². The summed E-state index contributed by atoms with van der Waals surface area (Å²) in [7, 11) is 0. The van der Waals surface area contributed by atoms with Crippen LogP contribution in [0.25, 0.3) is 0 Å². The fourth-order valence-corrected chi connectivity index (χ4v) is 3.53. The number of thioether (sulfide) groups is 1. The Morgan fingerprint density at radius 3 is 2.71 bits per heavy atom. The smallest absolute Gasteiger partial charge is 0.279 e. The zero-order valence-electron chi connectivity index (χ0n) is 12.8. The molecular formula is C18H16ClNO3S. The maximum atomic E-state index is 12.1. The van der Waals surface area contributed by atoms with E-state index in [1.807, 2.05) is 24.3 Å². The number of carbonyl (C=O) groups excluding carboxylic acids is 2. The van der Waals surface area contributed by atoms with Crippen LogP contribution < -0.4 is 10.1 Å². The Labute approximate surface area is 149 Å². The van der Waals surface area contributed by atoms with Crippen molar-refractivity contribution in [1.29, 1.82) is 0 Å². The number of hydrogen-bond donors (Lipinski definition) is 1. The minimum absolute atomic E-state index is 0.0312. The highest BCUT2D eigenvalue weighted by Gasteiger charge is 2.22. The zero-order chi connectivity index (χ0) is 16.9. The molecule has 1 atom stereocenters. The third kappa shape index (κ3) is 4.52. The number of hydrogen-bond acceptors (Lipinski definition) is 4. The van der Waals surface area contributed by atoms with Gasteiger partial charge in [-0.15, -0.1) is 0 Å². The van der Waals surface area contributed by atoms with Crippen LogP contribution in [0.1, 0.15) is 15.9 Å². The number of amides is 1. The monoisotopic (exact) mass is 361 g/mol. The van der Waals surface area contributed by atoms with Gasteiger partial charge in [0.25, 0.3) is 5.24 Å². The minimum Gasteiger partial charge on any atom is -0.485 e. The van der Waals surface area contributed by atoms with Gasteiger partial charge >= 0.3 is 0 Å². The molecule has 0 bridgehead atoms. The molecule has 0 spiro atoms. The second-order valence-electron chi connectivity index (χ2n) is 5.48. The van der Waals surface area contributed by atoms with Gasteiger partial charge in [-0.2, -0.15) is 0 Å². The zero-order valence-corrected chi connectivity index (χ0v) is 14.4. The molecule has 1 saturated heterocycles. The number of benzene rings is 2. The van der Waals surface area contributed by atoms with Crippen molar-refractivity contribution in [3.8, 4) is 5.75 Å². The second-order valence-corrected chi connectivity index (χ2v) is 7.19. The molecule has 124 valence electrons. The van der Waals surface area contributed by atoms with Crippen LogP contribution in [0.4, 0.5) is 4.79 Å². The number of nitrogens with one attached hydrogen (secondary N) is 1. The van der Waals surface area contributed by atoms with Crippen LogP contribution in [-0.2, 0) is 6.42 Å². The van der Waals surface area contributed by atoms with Crippen molar-refractivity contribution in [1.82, 2.24) is 5.32 Å². The Bertz CT molecular complexity index is 748. The first-order chi connectivity index (χ1) is 11.6. The van der Waals surface area contributed by atoms with Crippen LogP contribution in [-0.4, -0.2) is 29.4 Å². The summed E-state index contributed by atoms with van der Waals surface area (Å²) < 4.78 is 5.54. The van der Waals surface area contributed by atoms with E-state index in [-0.39, 0.29) is 22.9 Å². The van der Waals surface area contributed by atoms with Crippen LogP contribution in [0.3, 0.4) is 0 Å². The lowest BCUT2D eigenvalue weighted by Crippen LogP contribution is -2.16. The Kier molecular flexibility index (Phi) is 5.43. The van der Waals surface area contributed by atoms with E-state index in [1.54, 1.807) is 24.3 Å². The molecule has 1 aliphatic rings. The molecule has 2 aromatic carbocycles. The molecule has 0 aliphatic carbocycles. The molecule has 24 heavy (non-hydrogen) atoms. The third-order valence-electron chi connectivity index (χ3n) is 3.65. The van der Waals surface area contributed by atoms with Gasteiger partial charge in [-0.1, -0.05) is 47.6 Å². The normalized spacial score (nSPS) is 16.7. The van der Waals surface area contributed by atoms with E-state index in [1.165, 1.54) is 11.8 Å². The van der Waals surface area contributed by atoms with E-state index < -0.39 is 0 Å². The number of ether oxygens (including phenoxy) is 1. The van der Waals surface area contributed by atoms with Gasteiger partial charge in [0, 0.05) is 22.4 Å². The predicted molar refractivity (Wildman–Crippen MR) is 96.2 cm³/mol. The molecule has 1 unspecified atom stereocenters. The highest BCUT2D eigenvalue weighted by molar-refractivity contribution is 8.14. The van der Waals surface area contributed by atoms with Gasteiger partial charge in [0.05, 0.1) is 0 Å². The number of carbonyl (C=O) groups is 2. The van der Waals surface area contributed by atoms with E-state index in [0.29, 0.717) is 22.9 Å². The predicted octanol–water partition coefficient (Wildman–Crippen LogP) is 3.97. The molecular weight excluding hydrogens is 346 g/mol. The quantitative estimate of drug-likeness (QED) is 0.791. The lowest BCUT2D eigenvalue weighted by atomic mass is 10.1. The third-order valence-corrected chi connectivity index (χ3v) is 4.91. The molecule has 4 nitrogen and oxygen atoms in total. The lowest BCUT2D eigenvalue weighted by molar-refractivity contribution is 0.0921. The molecule has 6 heteroatoms. The minimum atomic E-state index is -0.117. The molecule has 0 saturated carbocycles. The first-order valence-corrected chi connectivity index (χ1v) is 8.81. The molecule has 1 fully saturated rings. The summed E-state index contributed by atoms with van der Waals surface area (Å²) in [6.45, 7) is 0.673. The van der Waals surface area contributed by atoms with Crippen molar-refractivity contribution < 1.29 is 14.3 Å². The summed E-state index contributed by atoms with van der Waals surface area (Å²) >= 11 is 7.22. The Morgan fingerprint density at radius 2 is 2.04 bits per heavy atom. The van der Waals surface area contributed by atoms with Gasteiger partial charge in [0.15, 0.2) is 12.4 Å². The number of ketones is 1. The summed E-state index contributed by atoms with van der Waals surface area (Å²) in [6, 6.07) is 14.4. The molecule has 3 rings (SSSR count). The van der Waals surface area contributed by atoms with Crippen LogP contribution in [0.2, 0.25) is 5.02 Å². The maximum absolute atomic E-state index is 12.1. The molecule has 0 aromatic heterocycles. The van der Waals surface area contributed by atoms with E-state index in [9.17, 15) is 9.59 Å². The summed E-state index contributed by atoms with van der Waals surface area (Å²) in [5.74, 6) is 0.524. The average molecular weight is 362 g/mol. The van der Waals surface area contributed by atoms with E-state index >= 15 is 0 Å². The standard InChI is InChI=1S/C18H16ClNO3S/c19-14-3-1-2-13(9-14)17(21)11-23-15-6-4-12(5-7-15)8-16-10-20-18(22)24-16/h1-7,9,16H,8,10-11H2,(H,20,22). The molecule has 1 N–H and O–H groups in total. The number of halogens is 1. The van der Waals surface area contributed by atoms with E-state index in [4.69, 9.17) is 16.3 Å². The molecule has 1 aliphatic heterocycles. The summed E-state index contributed by atoms with van der Waals surface area (Å²) in [5.41, 5.74) is 1.67. The Morgan fingerprint density at radius 1 is 1.25 bits per heavy atom. The van der Waals surface area contributed by atoms with Gasteiger partial charge in [-0.05, 0) is 36.2 Å². The van der Waals surface area contributed by atoms with Crippen molar-refractivity contribution >= 4 is 34.4 Å². The van der Waals surface area contributed by atoms with Crippen LogP contribution in [0, 0.1) is 0 Å². The van der Waals surface area contributed by atoms with Crippen molar-refractivity contribution in [2.24, 2.45) is 0 Å². The summed E-state index contributed by atoms with van der Waals surface area (Å²) in [6.07, 6.45) is 0.825. The van der Waals surface area contributed by atoms with Crippen molar-refractivity contribution in [2.45, 2.75) is 11.7 Å². The summed E-state index contributed by atoms with van der Waals surface area (Å²) in [5, 5.41) is 3.65. The SMILES string of the molecule is O=C1NCC(Cc2ccc(OCC(=O)c3cccc(Cl)c3)cc2)S1. The number of Topliss-reactive ketones (excluding diaryl/α,β-unsaturated/α-hetero) is 1. The highest BCUT2D eigenvalue weighted by atomic mass is 35.5. The van der Waals surface area contributed by atoms with Crippen molar-refractivity contribution in [3.05, 3.63) is 64.7 Å². The molecule has 0 radical (unpaired) electrons. The van der Waals surface area contributed by atoms with Gasteiger partial charge < -0.3 is 10.1 Å². The Hall–Kier alpha value is -1.98. The van der Waals surface area contributed by atoms with Crippen LogP contribution in [0.5, 0.6) is 5.75 Å². The van der Waals surface area contributed by atoms with Crippen LogP contribution in [0.15, 0.2) is 48.5 Å². The molecule has 2 aromatic rings. The van der Waals surface area contributed by atoms with Gasteiger partial charge in [-0.25, -0.2) is 0 Å². The second kappa shape index (κ2) is 7.73. The fraction of sp³-hybridized carbons (Fsp3) is 0.222. The Balaban J connectivity index is 1.52. The van der Waals surface area contributed by atoms with Gasteiger partial charge in [-0.3, -0.25) is 9.59 Å². The van der Waals surface area contributed by atoms with Crippen molar-refractivity contribution in [2.75, 3.05) is 13.2 Å².